The van der Waals surface area contributed by atoms with Crippen LogP contribution in [0, 0.1) is 0 Å². The minimum atomic E-state index is 0.274. The SMILES string of the molecule is OCCc1cccc2c1CCCC2. The van der Waals surface area contributed by atoms with Crippen molar-refractivity contribution >= 4 is 0 Å². The summed E-state index contributed by atoms with van der Waals surface area (Å²) in [6.07, 6.45) is 5.91. The molecule has 0 aromatic heterocycles. The van der Waals surface area contributed by atoms with Gasteiger partial charge in [-0.05, 0) is 48.8 Å². The summed E-state index contributed by atoms with van der Waals surface area (Å²) in [4.78, 5) is 0. The molecule has 1 aliphatic rings. The Morgan fingerprint density at radius 2 is 2.00 bits per heavy atom. The van der Waals surface area contributed by atoms with Gasteiger partial charge in [-0.2, -0.15) is 0 Å². The van der Waals surface area contributed by atoms with Crippen molar-refractivity contribution in [3.05, 3.63) is 34.9 Å². The van der Waals surface area contributed by atoms with Crippen LogP contribution in [0.2, 0.25) is 0 Å². The second-order valence-corrected chi connectivity index (χ2v) is 3.74. The van der Waals surface area contributed by atoms with Gasteiger partial charge in [-0.3, -0.25) is 0 Å². The van der Waals surface area contributed by atoms with Gasteiger partial charge >= 0.3 is 0 Å². The average Bonchev–Trinajstić information content (AvgIpc) is 2.19. The van der Waals surface area contributed by atoms with E-state index in [2.05, 4.69) is 18.2 Å². The molecule has 1 aromatic carbocycles. The quantitative estimate of drug-likeness (QED) is 0.731. The Hall–Kier alpha value is -0.820. The first-order chi connectivity index (χ1) is 6.42. The van der Waals surface area contributed by atoms with Crippen LogP contribution in [0.5, 0.6) is 0 Å². The Morgan fingerprint density at radius 1 is 1.15 bits per heavy atom. The molecule has 0 aliphatic heterocycles. The molecule has 70 valence electrons. The van der Waals surface area contributed by atoms with E-state index in [0.717, 1.165) is 6.42 Å². The first kappa shape index (κ1) is 8.76. The van der Waals surface area contributed by atoms with E-state index >= 15 is 0 Å². The van der Waals surface area contributed by atoms with E-state index in [1.807, 2.05) is 0 Å². The summed E-state index contributed by atoms with van der Waals surface area (Å²) in [5, 5.41) is 8.92. The predicted octanol–water partition coefficient (Wildman–Crippen LogP) is 2.10. The summed E-state index contributed by atoms with van der Waals surface area (Å²) in [5.74, 6) is 0. The normalized spacial score (nSPS) is 15.5. The topological polar surface area (TPSA) is 20.2 Å². The molecule has 0 amide bonds. The first-order valence-electron chi connectivity index (χ1n) is 5.12. The lowest BCUT2D eigenvalue weighted by Crippen LogP contribution is -2.07. The molecule has 1 nitrogen and oxygen atoms in total. The van der Waals surface area contributed by atoms with E-state index < -0.39 is 0 Å². The first-order valence-corrected chi connectivity index (χ1v) is 5.12. The van der Waals surface area contributed by atoms with E-state index in [-0.39, 0.29) is 6.61 Å². The van der Waals surface area contributed by atoms with Crippen LogP contribution in [0.1, 0.15) is 29.5 Å². The van der Waals surface area contributed by atoms with Gasteiger partial charge in [-0.15, -0.1) is 0 Å². The summed E-state index contributed by atoms with van der Waals surface area (Å²) >= 11 is 0. The van der Waals surface area contributed by atoms with Gasteiger partial charge in [0.2, 0.25) is 0 Å². The van der Waals surface area contributed by atoms with Crippen molar-refractivity contribution in [1.29, 1.82) is 0 Å². The van der Waals surface area contributed by atoms with Crippen molar-refractivity contribution in [2.24, 2.45) is 0 Å². The van der Waals surface area contributed by atoms with Gasteiger partial charge in [0, 0.05) is 6.61 Å². The molecule has 0 unspecified atom stereocenters. The molecule has 0 radical (unpaired) electrons. The molecule has 1 aromatic rings. The fraction of sp³-hybridized carbons (Fsp3) is 0.500. The molecule has 13 heavy (non-hydrogen) atoms. The molecule has 1 aliphatic carbocycles. The minimum absolute atomic E-state index is 0.274. The Kier molecular flexibility index (Phi) is 2.65. The number of aryl methyl sites for hydroxylation is 1. The minimum Gasteiger partial charge on any atom is -0.396 e. The molecular weight excluding hydrogens is 160 g/mol. The van der Waals surface area contributed by atoms with Crippen LogP contribution in [0.25, 0.3) is 0 Å². The van der Waals surface area contributed by atoms with Crippen molar-refractivity contribution in [1.82, 2.24) is 0 Å². The van der Waals surface area contributed by atoms with Gasteiger partial charge in [0.15, 0.2) is 0 Å². The third kappa shape index (κ3) is 1.75. The van der Waals surface area contributed by atoms with Crippen molar-refractivity contribution in [2.45, 2.75) is 32.1 Å². The summed E-state index contributed by atoms with van der Waals surface area (Å²) in [6.45, 7) is 0.274. The average molecular weight is 176 g/mol. The number of aliphatic hydroxyl groups excluding tert-OH is 1. The molecule has 0 heterocycles. The van der Waals surface area contributed by atoms with Crippen LogP contribution < -0.4 is 0 Å². The van der Waals surface area contributed by atoms with Crippen molar-refractivity contribution < 1.29 is 5.11 Å². The zero-order valence-corrected chi connectivity index (χ0v) is 7.92. The summed E-state index contributed by atoms with van der Waals surface area (Å²) in [6, 6.07) is 6.50. The van der Waals surface area contributed by atoms with Crippen LogP contribution in [0.15, 0.2) is 18.2 Å². The van der Waals surface area contributed by atoms with E-state index in [1.54, 1.807) is 0 Å². The second kappa shape index (κ2) is 3.93. The molecule has 2 rings (SSSR count). The monoisotopic (exact) mass is 176 g/mol. The van der Waals surface area contributed by atoms with E-state index in [1.165, 1.54) is 42.4 Å². The Morgan fingerprint density at radius 3 is 2.85 bits per heavy atom. The van der Waals surface area contributed by atoms with E-state index in [0.29, 0.717) is 0 Å². The Labute approximate surface area is 79.4 Å². The van der Waals surface area contributed by atoms with Gasteiger partial charge in [0.05, 0.1) is 0 Å². The van der Waals surface area contributed by atoms with Crippen molar-refractivity contribution in [3.8, 4) is 0 Å². The molecule has 0 saturated heterocycles. The summed E-state index contributed by atoms with van der Waals surface area (Å²) < 4.78 is 0. The van der Waals surface area contributed by atoms with Crippen LogP contribution in [-0.2, 0) is 19.3 Å². The van der Waals surface area contributed by atoms with Crippen molar-refractivity contribution in [2.75, 3.05) is 6.61 Å². The number of hydrogen-bond donors (Lipinski definition) is 1. The number of hydrogen-bond acceptors (Lipinski definition) is 1. The molecule has 0 atom stereocenters. The Balaban J connectivity index is 2.34. The fourth-order valence-corrected chi connectivity index (χ4v) is 2.22. The number of benzene rings is 1. The van der Waals surface area contributed by atoms with Crippen LogP contribution in [-0.4, -0.2) is 11.7 Å². The summed E-state index contributed by atoms with van der Waals surface area (Å²) in [5.41, 5.74) is 4.39. The van der Waals surface area contributed by atoms with Gasteiger partial charge in [0.1, 0.15) is 0 Å². The van der Waals surface area contributed by atoms with Gasteiger partial charge in [0.25, 0.3) is 0 Å². The van der Waals surface area contributed by atoms with Crippen LogP contribution in [0.3, 0.4) is 0 Å². The predicted molar refractivity (Wildman–Crippen MR) is 53.9 cm³/mol. The van der Waals surface area contributed by atoms with Gasteiger partial charge in [-0.25, -0.2) is 0 Å². The van der Waals surface area contributed by atoms with Gasteiger partial charge < -0.3 is 5.11 Å². The molecule has 0 spiro atoms. The highest BCUT2D eigenvalue weighted by Crippen LogP contribution is 2.24. The highest BCUT2D eigenvalue weighted by molar-refractivity contribution is 5.37. The molecular formula is C12H16O. The molecule has 0 fully saturated rings. The molecule has 1 N–H and O–H groups in total. The molecule has 0 saturated carbocycles. The standard InChI is InChI=1S/C12H16O/c13-9-8-11-6-3-5-10-4-1-2-7-12(10)11/h3,5-6,13H,1-2,4,7-9H2. The maximum absolute atomic E-state index is 8.92. The maximum atomic E-state index is 8.92. The number of rotatable bonds is 2. The lowest BCUT2D eigenvalue weighted by molar-refractivity contribution is 0.299. The molecule has 0 bridgehead atoms. The Bertz CT molecular complexity index is 291. The number of fused-ring (bicyclic) bond motifs is 1. The lowest BCUT2D eigenvalue weighted by Gasteiger charge is -2.18. The van der Waals surface area contributed by atoms with Crippen LogP contribution in [0.4, 0.5) is 0 Å². The van der Waals surface area contributed by atoms with Gasteiger partial charge in [-0.1, -0.05) is 18.2 Å². The van der Waals surface area contributed by atoms with E-state index in [9.17, 15) is 0 Å². The number of aliphatic hydroxyl groups is 1. The smallest absolute Gasteiger partial charge is 0.0471 e. The zero-order valence-electron chi connectivity index (χ0n) is 7.92. The maximum Gasteiger partial charge on any atom is 0.0471 e. The zero-order chi connectivity index (χ0) is 9.10. The third-order valence-corrected chi connectivity index (χ3v) is 2.87. The highest BCUT2D eigenvalue weighted by Gasteiger charge is 2.11. The fourth-order valence-electron chi connectivity index (χ4n) is 2.22. The lowest BCUT2D eigenvalue weighted by atomic mass is 9.87. The highest BCUT2D eigenvalue weighted by atomic mass is 16.2. The third-order valence-electron chi connectivity index (χ3n) is 2.87. The summed E-state index contributed by atoms with van der Waals surface area (Å²) in [7, 11) is 0. The van der Waals surface area contributed by atoms with Crippen LogP contribution >= 0.6 is 0 Å². The second-order valence-electron chi connectivity index (χ2n) is 3.74. The van der Waals surface area contributed by atoms with Crippen molar-refractivity contribution in [3.63, 3.8) is 0 Å². The van der Waals surface area contributed by atoms with E-state index in [4.69, 9.17) is 5.11 Å². The largest absolute Gasteiger partial charge is 0.396 e. The molecule has 1 heteroatoms.